The zero-order valence-corrected chi connectivity index (χ0v) is 12.1. The Balaban J connectivity index is 3.12. The summed E-state index contributed by atoms with van der Waals surface area (Å²) < 4.78 is 22.4. The summed E-state index contributed by atoms with van der Waals surface area (Å²) in [6.45, 7) is 3.87. The van der Waals surface area contributed by atoms with Crippen LogP contribution in [0.2, 0.25) is 0 Å². The van der Waals surface area contributed by atoms with E-state index in [0.717, 1.165) is 6.07 Å². The molecule has 0 radical (unpaired) electrons. The molecule has 0 spiro atoms. The van der Waals surface area contributed by atoms with Crippen molar-refractivity contribution in [1.82, 2.24) is 0 Å². The van der Waals surface area contributed by atoms with E-state index in [-0.39, 0.29) is 22.8 Å². The minimum atomic E-state index is -3.95. The molecule has 0 saturated carbocycles. The fourth-order valence-corrected chi connectivity index (χ4v) is 1.96. The minimum Gasteiger partial charge on any atom is -0.478 e. The number of carboxylic acid groups (broad SMARTS) is 1. The number of nitrogens with one attached hydrogen (secondary N) is 1. The monoisotopic (exact) mass is 302 g/mol. The fourth-order valence-electron chi connectivity index (χ4n) is 1.42. The third-order valence-corrected chi connectivity index (χ3v) is 3.65. The molecule has 0 aliphatic heterocycles. The van der Waals surface area contributed by atoms with Crippen LogP contribution in [-0.4, -0.2) is 37.8 Å². The molecule has 1 rings (SSSR count). The van der Waals surface area contributed by atoms with Crippen molar-refractivity contribution in [3.05, 3.63) is 23.8 Å². The normalized spacial score (nSPS) is 12.2. The van der Waals surface area contributed by atoms with Gasteiger partial charge in [-0.05, 0) is 18.2 Å². The van der Waals surface area contributed by atoms with Crippen molar-refractivity contribution in [2.45, 2.75) is 18.7 Å². The zero-order chi connectivity index (χ0) is 15.6. The Morgan fingerprint density at radius 3 is 2.45 bits per heavy atom. The number of sulfonamides is 1. The van der Waals surface area contributed by atoms with Crippen molar-refractivity contribution in [3.8, 4) is 0 Å². The van der Waals surface area contributed by atoms with E-state index in [1.165, 1.54) is 12.1 Å². The van der Waals surface area contributed by atoms with Crippen LogP contribution >= 0.6 is 0 Å². The molecule has 1 aromatic carbocycles. The first-order valence-electron chi connectivity index (χ1n) is 5.82. The van der Waals surface area contributed by atoms with Gasteiger partial charge >= 0.3 is 5.97 Å². The number of aliphatic hydroxyl groups is 1. The predicted octanol–water partition coefficient (Wildman–Crippen LogP) is 0.463. The van der Waals surface area contributed by atoms with E-state index in [9.17, 15) is 13.2 Å². The maximum absolute atomic E-state index is 11.2. The van der Waals surface area contributed by atoms with Crippen LogP contribution in [-0.2, 0) is 10.0 Å². The average Bonchev–Trinajstić information content (AvgIpc) is 2.35. The van der Waals surface area contributed by atoms with Gasteiger partial charge in [0.05, 0.1) is 10.5 Å². The van der Waals surface area contributed by atoms with E-state index in [1.807, 2.05) is 0 Å². The quantitative estimate of drug-likeness (QED) is 0.604. The summed E-state index contributed by atoms with van der Waals surface area (Å²) >= 11 is 0. The van der Waals surface area contributed by atoms with Gasteiger partial charge in [0.1, 0.15) is 0 Å². The van der Waals surface area contributed by atoms with Gasteiger partial charge in [-0.3, -0.25) is 0 Å². The summed E-state index contributed by atoms with van der Waals surface area (Å²) in [4.78, 5) is 10.9. The number of aliphatic hydroxyl groups excluding tert-OH is 1. The molecule has 112 valence electrons. The Hall–Kier alpha value is -1.64. The standard InChI is InChI=1S/C12H18N2O5S/c1-12(2,7-15)6-14-10-4-3-8(20(13,18)19)5-9(10)11(16)17/h3-5,14-15H,6-7H2,1-2H3,(H,16,17)(H2,13,18,19). The van der Waals surface area contributed by atoms with Gasteiger partial charge in [0.15, 0.2) is 0 Å². The molecule has 0 saturated heterocycles. The highest BCUT2D eigenvalue weighted by molar-refractivity contribution is 7.89. The number of carbonyl (C=O) groups is 1. The van der Waals surface area contributed by atoms with E-state index in [2.05, 4.69) is 5.32 Å². The largest absolute Gasteiger partial charge is 0.478 e. The number of nitrogens with two attached hydrogens (primary N) is 1. The van der Waals surface area contributed by atoms with Crippen LogP contribution in [0, 0.1) is 5.41 Å². The number of primary sulfonamides is 1. The van der Waals surface area contributed by atoms with Crippen molar-refractivity contribution in [3.63, 3.8) is 0 Å². The fraction of sp³-hybridized carbons (Fsp3) is 0.417. The van der Waals surface area contributed by atoms with E-state index in [0.29, 0.717) is 6.54 Å². The summed E-state index contributed by atoms with van der Waals surface area (Å²) in [5.41, 5.74) is -0.356. The van der Waals surface area contributed by atoms with Gasteiger partial charge in [0.25, 0.3) is 0 Å². The molecule has 0 atom stereocenters. The molecule has 7 nitrogen and oxygen atoms in total. The topological polar surface area (TPSA) is 130 Å². The highest BCUT2D eigenvalue weighted by Crippen LogP contribution is 2.22. The molecule has 0 unspecified atom stereocenters. The highest BCUT2D eigenvalue weighted by atomic mass is 32.2. The molecule has 0 heterocycles. The van der Waals surface area contributed by atoms with Gasteiger partial charge in [0.2, 0.25) is 10.0 Å². The second kappa shape index (κ2) is 5.78. The van der Waals surface area contributed by atoms with Gasteiger partial charge in [-0.25, -0.2) is 18.4 Å². The van der Waals surface area contributed by atoms with Crippen LogP contribution in [0.1, 0.15) is 24.2 Å². The molecule has 0 aliphatic rings. The summed E-state index contributed by atoms with van der Waals surface area (Å²) in [6.07, 6.45) is 0. The van der Waals surface area contributed by atoms with Crippen molar-refractivity contribution in [2.75, 3.05) is 18.5 Å². The van der Waals surface area contributed by atoms with Gasteiger partial charge in [-0.2, -0.15) is 0 Å². The summed E-state index contributed by atoms with van der Waals surface area (Å²) in [6, 6.07) is 3.58. The van der Waals surface area contributed by atoms with Gasteiger partial charge in [-0.1, -0.05) is 13.8 Å². The van der Waals surface area contributed by atoms with E-state index in [4.69, 9.17) is 15.4 Å². The lowest BCUT2D eigenvalue weighted by molar-refractivity contribution is 0.0697. The van der Waals surface area contributed by atoms with Crippen molar-refractivity contribution in [2.24, 2.45) is 10.6 Å². The molecule has 8 heteroatoms. The van der Waals surface area contributed by atoms with Gasteiger partial charge in [0, 0.05) is 24.3 Å². The number of aromatic carboxylic acids is 1. The Kier molecular flexibility index (Phi) is 4.74. The van der Waals surface area contributed by atoms with E-state index < -0.39 is 21.4 Å². The zero-order valence-electron chi connectivity index (χ0n) is 11.3. The first-order chi connectivity index (χ1) is 9.07. The SMILES string of the molecule is CC(C)(CO)CNc1ccc(S(N)(=O)=O)cc1C(=O)O. The first kappa shape index (κ1) is 16.4. The number of rotatable bonds is 6. The molecule has 0 aliphatic carbocycles. The van der Waals surface area contributed by atoms with E-state index >= 15 is 0 Å². The number of hydrogen-bond acceptors (Lipinski definition) is 5. The second-order valence-electron chi connectivity index (χ2n) is 5.23. The predicted molar refractivity (Wildman–Crippen MR) is 74.1 cm³/mol. The second-order valence-corrected chi connectivity index (χ2v) is 6.79. The summed E-state index contributed by atoms with van der Waals surface area (Å²) in [5, 5.41) is 26.1. The molecule has 20 heavy (non-hydrogen) atoms. The molecule has 0 fully saturated rings. The van der Waals surface area contributed by atoms with Crippen LogP contribution in [0.3, 0.4) is 0 Å². The first-order valence-corrected chi connectivity index (χ1v) is 7.36. The minimum absolute atomic E-state index is 0.0718. The van der Waals surface area contributed by atoms with Crippen LogP contribution < -0.4 is 10.5 Å². The van der Waals surface area contributed by atoms with Crippen LogP contribution in [0.15, 0.2) is 23.1 Å². The molecule has 5 N–H and O–H groups in total. The number of benzene rings is 1. The average molecular weight is 302 g/mol. The smallest absolute Gasteiger partial charge is 0.337 e. The third kappa shape index (κ3) is 4.19. The maximum atomic E-state index is 11.2. The molecule has 0 amide bonds. The Labute approximate surface area is 117 Å². The molecule has 0 bridgehead atoms. The molecule has 0 aromatic heterocycles. The Bertz CT molecular complexity index is 610. The maximum Gasteiger partial charge on any atom is 0.337 e. The molecular formula is C12H18N2O5S. The molecular weight excluding hydrogens is 284 g/mol. The Morgan fingerprint density at radius 1 is 1.40 bits per heavy atom. The van der Waals surface area contributed by atoms with Crippen LogP contribution in [0.4, 0.5) is 5.69 Å². The van der Waals surface area contributed by atoms with Crippen molar-refractivity contribution >= 4 is 21.7 Å². The van der Waals surface area contributed by atoms with Crippen LogP contribution in [0.5, 0.6) is 0 Å². The van der Waals surface area contributed by atoms with Gasteiger partial charge in [-0.15, -0.1) is 0 Å². The van der Waals surface area contributed by atoms with Gasteiger partial charge < -0.3 is 15.5 Å². The lowest BCUT2D eigenvalue weighted by atomic mass is 9.95. The number of carboxylic acids is 1. The number of hydrogen-bond donors (Lipinski definition) is 4. The van der Waals surface area contributed by atoms with Crippen LogP contribution in [0.25, 0.3) is 0 Å². The van der Waals surface area contributed by atoms with Crippen molar-refractivity contribution < 1.29 is 23.4 Å². The lowest BCUT2D eigenvalue weighted by Gasteiger charge is -2.23. The van der Waals surface area contributed by atoms with Crippen molar-refractivity contribution in [1.29, 1.82) is 0 Å². The highest BCUT2D eigenvalue weighted by Gasteiger charge is 2.19. The lowest BCUT2D eigenvalue weighted by Crippen LogP contribution is -2.27. The summed E-state index contributed by atoms with van der Waals surface area (Å²) in [5.74, 6) is -1.26. The third-order valence-electron chi connectivity index (χ3n) is 2.74. The Morgan fingerprint density at radius 2 is 2.00 bits per heavy atom. The van der Waals surface area contributed by atoms with E-state index in [1.54, 1.807) is 13.8 Å². The molecule has 1 aromatic rings. The number of anilines is 1. The summed E-state index contributed by atoms with van der Waals surface area (Å²) in [7, 11) is -3.95.